The molecule has 5 heterocycles. The van der Waals surface area contributed by atoms with E-state index in [9.17, 15) is 9.59 Å². The summed E-state index contributed by atoms with van der Waals surface area (Å²) in [7, 11) is 3.11. The summed E-state index contributed by atoms with van der Waals surface area (Å²) in [5.74, 6) is 0.648. The first-order chi connectivity index (χ1) is 23.4. The summed E-state index contributed by atoms with van der Waals surface area (Å²) in [5, 5.41) is 7.72. The first-order valence-electron chi connectivity index (χ1n) is 16.3. The number of aryl methyl sites for hydroxylation is 1. The highest BCUT2D eigenvalue weighted by Gasteiger charge is 2.33. The molecule has 2 fully saturated rings. The number of piperazine rings is 1. The Kier molecular flexibility index (Phi) is 8.40. The highest BCUT2D eigenvalue weighted by molar-refractivity contribution is 6.06. The van der Waals surface area contributed by atoms with E-state index in [1.54, 1.807) is 35.4 Å². The van der Waals surface area contributed by atoms with Gasteiger partial charge in [0.1, 0.15) is 5.82 Å². The molecule has 2 saturated heterocycles. The van der Waals surface area contributed by atoms with Crippen molar-refractivity contribution in [1.82, 2.24) is 29.6 Å². The van der Waals surface area contributed by atoms with Crippen LogP contribution in [0, 0.1) is 0 Å². The number of aromatic nitrogens is 5. The number of pyridine rings is 2. The van der Waals surface area contributed by atoms with Gasteiger partial charge in [0, 0.05) is 69.5 Å². The van der Waals surface area contributed by atoms with Crippen molar-refractivity contribution >= 4 is 23.2 Å². The molecule has 0 radical (unpaired) electrons. The number of rotatable bonds is 8. The molecule has 0 bridgehead atoms. The third-order valence-electron chi connectivity index (χ3n) is 9.25. The molecule has 2 aliphatic rings. The van der Waals surface area contributed by atoms with Crippen molar-refractivity contribution in [2.24, 2.45) is 7.05 Å². The van der Waals surface area contributed by atoms with Gasteiger partial charge in [-0.2, -0.15) is 0 Å². The lowest BCUT2D eigenvalue weighted by Gasteiger charge is -2.36. The summed E-state index contributed by atoms with van der Waals surface area (Å²) in [6.45, 7) is 8.20. The van der Waals surface area contributed by atoms with Crippen molar-refractivity contribution in [2.75, 3.05) is 54.5 Å². The monoisotopic (exact) mass is 645 g/mol. The van der Waals surface area contributed by atoms with E-state index in [0.29, 0.717) is 37.1 Å². The Morgan fingerprint density at radius 3 is 2.42 bits per heavy atom. The van der Waals surface area contributed by atoms with Crippen LogP contribution in [0.15, 0.2) is 84.0 Å². The van der Waals surface area contributed by atoms with Crippen LogP contribution < -0.4 is 30.4 Å². The molecule has 246 valence electrons. The molecule has 12 nitrogen and oxygen atoms in total. The van der Waals surface area contributed by atoms with Crippen LogP contribution in [-0.4, -0.2) is 76.2 Å². The zero-order chi connectivity index (χ0) is 33.4. The molecule has 0 spiro atoms. The van der Waals surface area contributed by atoms with E-state index >= 15 is 0 Å². The van der Waals surface area contributed by atoms with Crippen molar-refractivity contribution in [3.05, 3.63) is 95.3 Å². The summed E-state index contributed by atoms with van der Waals surface area (Å²) in [6, 6.07) is 20.8. The Labute approximate surface area is 279 Å². The van der Waals surface area contributed by atoms with Crippen LogP contribution in [0.25, 0.3) is 27.9 Å². The Balaban J connectivity index is 1.34. The van der Waals surface area contributed by atoms with Gasteiger partial charge in [-0.25, -0.2) is 23.8 Å². The second-order valence-electron chi connectivity index (χ2n) is 12.1. The highest BCUT2D eigenvalue weighted by atomic mass is 16.5. The van der Waals surface area contributed by atoms with Crippen LogP contribution in [0.4, 0.5) is 22.0 Å². The van der Waals surface area contributed by atoms with Crippen LogP contribution >= 0.6 is 0 Å². The van der Waals surface area contributed by atoms with Gasteiger partial charge < -0.3 is 15.0 Å². The maximum Gasteiger partial charge on any atom is 0.353 e. The minimum atomic E-state index is -0.306. The van der Waals surface area contributed by atoms with E-state index in [-0.39, 0.29) is 17.7 Å². The number of hydrogen-bond acceptors (Lipinski definition) is 8. The third-order valence-corrected chi connectivity index (χ3v) is 9.25. The smallest absolute Gasteiger partial charge is 0.353 e. The van der Waals surface area contributed by atoms with Gasteiger partial charge in [0.2, 0.25) is 0 Å². The average molecular weight is 646 g/mol. The zero-order valence-electron chi connectivity index (χ0n) is 27.6. The predicted octanol–water partition coefficient (Wildman–Crippen LogP) is 4.51. The maximum absolute atomic E-state index is 13.7. The van der Waals surface area contributed by atoms with Gasteiger partial charge in [-0.15, -0.1) is 5.10 Å². The van der Waals surface area contributed by atoms with Gasteiger partial charge in [0.05, 0.1) is 24.7 Å². The van der Waals surface area contributed by atoms with Crippen molar-refractivity contribution in [2.45, 2.75) is 26.3 Å². The van der Waals surface area contributed by atoms with Crippen molar-refractivity contribution in [3.63, 3.8) is 0 Å². The summed E-state index contributed by atoms with van der Waals surface area (Å²) >= 11 is 0. The van der Waals surface area contributed by atoms with Crippen molar-refractivity contribution in [1.29, 1.82) is 0 Å². The SMILES string of the molecule is CCc1c(-c2ccc(-n3c(OC)nn(C)c3=O)cc2-c2ccc(N3CCNC[C@@H]3C)cc2)ccnc1N1CCN(c2cccnc2)C1=O. The van der Waals surface area contributed by atoms with Gasteiger partial charge in [-0.1, -0.05) is 25.1 Å². The number of carbonyl (C=O) groups excluding carboxylic acids is 1. The second-order valence-corrected chi connectivity index (χ2v) is 12.1. The largest absolute Gasteiger partial charge is 0.467 e. The van der Waals surface area contributed by atoms with E-state index in [2.05, 4.69) is 58.4 Å². The molecule has 2 aromatic carbocycles. The number of amides is 2. The Morgan fingerprint density at radius 2 is 1.69 bits per heavy atom. The maximum atomic E-state index is 13.7. The first kappa shape index (κ1) is 31.1. The molecule has 3 aromatic heterocycles. The number of urea groups is 1. The summed E-state index contributed by atoms with van der Waals surface area (Å²) in [5.41, 5.74) is 7.10. The minimum absolute atomic E-state index is 0.126. The lowest BCUT2D eigenvalue weighted by molar-refractivity contribution is 0.255. The highest BCUT2D eigenvalue weighted by Crippen LogP contribution is 2.40. The number of methoxy groups -OCH3 is 1. The predicted molar refractivity (Wildman–Crippen MR) is 187 cm³/mol. The number of nitrogens with one attached hydrogen (secondary N) is 1. The quantitative estimate of drug-likeness (QED) is 0.262. The third kappa shape index (κ3) is 5.47. The van der Waals surface area contributed by atoms with Gasteiger partial charge in [0.25, 0.3) is 0 Å². The molecule has 7 rings (SSSR count). The zero-order valence-corrected chi connectivity index (χ0v) is 27.6. The molecule has 0 aliphatic carbocycles. The molecular formula is C36H39N9O3. The number of ether oxygens (including phenoxy) is 1. The molecule has 48 heavy (non-hydrogen) atoms. The van der Waals surface area contributed by atoms with Crippen LogP contribution in [-0.2, 0) is 13.5 Å². The Hall–Kier alpha value is -5.49. The molecular weight excluding hydrogens is 606 g/mol. The molecule has 1 atom stereocenters. The number of hydrogen-bond donors (Lipinski definition) is 1. The standard InChI is InChI=1S/C36H39N9O3/c1-5-29-31(14-16-39-33(29)44-20-19-43(36(44)47)28-7-6-15-37-23-28)30-13-12-27(45-34(48-4)40-41(3)35(45)46)21-32(30)25-8-10-26(11-9-25)42-18-17-38-22-24(42)2/h6-16,21,23-24,38H,5,17-20,22H2,1-4H3/t24-/m0/s1. The number of benzene rings is 2. The molecule has 2 amide bonds. The molecule has 12 heteroatoms. The van der Waals surface area contributed by atoms with E-state index in [4.69, 9.17) is 9.72 Å². The van der Waals surface area contributed by atoms with Gasteiger partial charge >= 0.3 is 17.7 Å². The van der Waals surface area contributed by atoms with E-state index in [0.717, 1.165) is 53.1 Å². The number of nitrogens with zero attached hydrogens (tertiary/aromatic N) is 8. The fraction of sp³-hybridized carbons (Fsp3) is 0.306. The number of anilines is 3. The van der Waals surface area contributed by atoms with Crippen LogP contribution in [0.3, 0.4) is 0 Å². The van der Waals surface area contributed by atoms with Crippen molar-refractivity contribution < 1.29 is 9.53 Å². The van der Waals surface area contributed by atoms with Gasteiger partial charge in [-0.05, 0) is 78.1 Å². The Morgan fingerprint density at radius 1 is 0.896 bits per heavy atom. The molecule has 0 saturated carbocycles. The van der Waals surface area contributed by atoms with Crippen LogP contribution in [0.5, 0.6) is 6.01 Å². The Bertz CT molecular complexity index is 2010. The van der Waals surface area contributed by atoms with Gasteiger partial charge in [0.15, 0.2) is 0 Å². The molecule has 1 N–H and O–H groups in total. The summed E-state index contributed by atoms with van der Waals surface area (Å²) in [6.07, 6.45) is 5.83. The topological polar surface area (TPSA) is 114 Å². The molecule has 5 aromatic rings. The average Bonchev–Trinajstić information content (AvgIpc) is 3.65. The van der Waals surface area contributed by atoms with Crippen LogP contribution in [0.1, 0.15) is 19.4 Å². The first-order valence-corrected chi connectivity index (χ1v) is 16.3. The summed E-state index contributed by atoms with van der Waals surface area (Å²) < 4.78 is 8.22. The molecule has 0 unspecified atom stereocenters. The lowest BCUT2D eigenvalue weighted by Crippen LogP contribution is -2.49. The fourth-order valence-corrected chi connectivity index (χ4v) is 6.80. The summed E-state index contributed by atoms with van der Waals surface area (Å²) in [4.78, 5) is 41.8. The molecule has 2 aliphatic heterocycles. The normalized spacial score (nSPS) is 16.5. The van der Waals surface area contributed by atoms with Gasteiger partial charge in [-0.3, -0.25) is 14.8 Å². The van der Waals surface area contributed by atoms with Crippen LogP contribution in [0.2, 0.25) is 0 Å². The van der Waals surface area contributed by atoms with E-state index in [1.807, 2.05) is 36.4 Å². The van der Waals surface area contributed by atoms with E-state index in [1.165, 1.54) is 22.0 Å². The van der Waals surface area contributed by atoms with Crippen molar-refractivity contribution in [3.8, 4) is 34.0 Å². The number of carbonyl (C=O) groups is 1. The second kappa shape index (κ2) is 13.0. The lowest BCUT2D eigenvalue weighted by atomic mass is 9.90. The minimum Gasteiger partial charge on any atom is -0.467 e. The van der Waals surface area contributed by atoms with E-state index < -0.39 is 0 Å². The fourth-order valence-electron chi connectivity index (χ4n) is 6.80.